The summed E-state index contributed by atoms with van der Waals surface area (Å²) in [6, 6.07) is 4.50. The van der Waals surface area contributed by atoms with E-state index in [1.165, 1.54) is 17.0 Å². The van der Waals surface area contributed by atoms with Gasteiger partial charge in [0.25, 0.3) is 0 Å². The van der Waals surface area contributed by atoms with Gasteiger partial charge < -0.3 is 25.4 Å². The molecule has 1 rings (SSSR count). The van der Waals surface area contributed by atoms with E-state index in [-0.39, 0.29) is 29.5 Å². The highest BCUT2D eigenvalue weighted by atomic mass is 16.6. The summed E-state index contributed by atoms with van der Waals surface area (Å²) >= 11 is 0. The highest BCUT2D eigenvalue weighted by Gasteiger charge is 2.37. The SMILES string of the molecule is CCCCN(C(=O)C(NC(=O)OC(C)(C)C)C(C)C)C(C(=O)NC(C)CCC)c1cccc(O)c1. The monoisotopic (exact) mass is 491 g/mol. The summed E-state index contributed by atoms with van der Waals surface area (Å²) in [5, 5.41) is 15.9. The van der Waals surface area contributed by atoms with Crippen molar-refractivity contribution in [1.29, 1.82) is 0 Å². The molecule has 0 radical (unpaired) electrons. The molecule has 1 aromatic carbocycles. The molecule has 0 aliphatic carbocycles. The molecule has 0 aliphatic heterocycles. The lowest BCUT2D eigenvalue weighted by molar-refractivity contribution is -0.143. The molecule has 0 aliphatic rings. The zero-order chi connectivity index (χ0) is 26.8. The third kappa shape index (κ3) is 10.2. The van der Waals surface area contributed by atoms with Gasteiger partial charge in [0.15, 0.2) is 0 Å². The van der Waals surface area contributed by atoms with Gasteiger partial charge in [0.1, 0.15) is 23.4 Å². The van der Waals surface area contributed by atoms with E-state index in [2.05, 4.69) is 10.6 Å². The standard InChI is InChI=1S/C27H45N3O5/c1-9-11-16-30(25(33)22(18(3)4)29-26(34)35-27(6,7)8)23(20-14-12-15-21(31)17-20)24(32)28-19(5)13-10-2/h12,14-15,17-19,22-23,31H,9-11,13,16H2,1-8H3,(H,28,32)(H,29,34). The lowest BCUT2D eigenvalue weighted by atomic mass is 9.98. The largest absolute Gasteiger partial charge is 0.508 e. The zero-order valence-electron chi connectivity index (χ0n) is 22.7. The van der Waals surface area contributed by atoms with Crippen molar-refractivity contribution >= 4 is 17.9 Å². The number of nitrogens with one attached hydrogen (secondary N) is 2. The number of amides is 3. The average molecular weight is 492 g/mol. The molecule has 8 heteroatoms. The smallest absolute Gasteiger partial charge is 0.408 e. The van der Waals surface area contributed by atoms with Gasteiger partial charge in [-0.15, -0.1) is 0 Å². The number of ether oxygens (including phenoxy) is 1. The molecule has 0 heterocycles. The third-order valence-corrected chi connectivity index (χ3v) is 5.50. The molecule has 0 bridgehead atoms. The van der Waals surface area contributed by atoms with Crippen LogP contribution < -0.4 is 10.6 Å². The van der Waals surface area contributed by atoms with Crippen molar-refractivity contribution in [3.63, 3.8) is 0 Å². The molecule has 3 unspecified atom stereocenters. The van der Waals surface area contributed by atoms with Crippen LogP contribution in [-0.2, 0) is 14.3 Å². The summed E-state index contributed by atoms with van der Waals surface area (Å²) < 4.78 is 5.38. The zero-order valence-corrected chi connectivity index (χ0v) is 22.7. The molecule has 3 N–H and O–H groups in total. The van der Waals surface area contributed by atoms with E-state index in [1.54, 1.807) is 32.9 Å². The summed E-state index contributed by atoms with van der Waals surface area (Å²) in [6.45, 7) is 15.3. The van der Waals surface area contributed by atoms with Crippen molar-refractivity contribution in [3.05, 3.63) is 29.8 Å². The van der Waals surface area contributed by atoms with E-state index in [0.29, 0.717) is 18.5 Å². The number of phenols is 1. The molecule has 35 heavy (non-hydrogen) atoms. The van der Waals surface area contributed by atoms with Crippen molar-refractivity contribution in [3.8, 4) is 5.75 Å². The van der Waals surface area contributed by atoms with Gasteiger partial charge in [0, 0.05) is 12.6 Å². The molecule has 3 atom stereocenters. The second kappa shape index (κ2) is 14.0. The molecule has 1 aromatic rings. The van der Waals surface area contributed by atoms with Gasteiger partial charge in [-0.3, -0.25) is 9.59 Å². The third-order valence-electron chi connectivity index (χ3n) is 5.50. The Balaban J connectivity index is 3.44. The predicted octanol–water partition coefficient (Wildman–Crippen LogP) is 4.92. The van der Waals surface area contributed by atoms with Crippen LogP contribution in [0.2, 0.25) is 0 Å². The van der Waals surface area contributed by atoms with Crippen LogP contribution in [0.4, 0.5) is 4.79 Å². The first-order valence-corrected chi connectivity index (χ1v) is 12.7. The first kappa shape index (κ1) is 30.3. The van der Waals surface area contributed by atoms with Crippen molar-refractivity contribution in [1.82, 2.24) is 15.5 Å². The number of carbonyl (C=O) groups is 3. The summed E-state index contributed by atoms with van der Waals surface area (Å²) in [4.78, 5) is 41.5. The minimum atomic E-state index is -0.956. The van der Waals surface area contributed by atoms with E-state index in [1.807, 2.05) is 34.6 Å². The Hall–Kier alpha value is -2.77. The van der Waals surface area contributed by atoms with E-state index in [4.69, 9.17) is 4.74 Å². The minimum Gasteiger partial charge on any atom is -0.508 e. The van der Waals surface area contributed by atoms with Gasteiger partial charge in [-0.05, 0) is 64.2 Å². The molecule has 3 amide bonds. The van der Waals surface area contributed by atoms with Crippen LogP contribution in [0.5, 0.6) is 5.75 Å². The molecule has 8 nitrogen and oxygen atoms in total. The lowest BCUT2D eigenvalue weighted by Gasteiger charge is -2.36. The molecule has 0 saturated heterocycles. The number of alkyl carbamates (subject to hydrolysis) is 1. The number of rotatable bonds is 12. The van der Waals surface area contributed by atoms with Crippen LogP contribution >= 0.6 is 0 Å². The maximum atomic E-state index is 13.9. The second-order valence-corrected chi connectivity index (χ2v) is 10.4. The maximum Gasteiger partial charge on any atom is 0.408 e. The fraction of sp³-hybridized carbons (Fsp3) is 0.667. The van der Waals surface area contributed by atoms with Crippen molar-refractivity contribution in [2.75, 3.05) is 6.54 Å². The van der Waals surface area contributed by atoms with E-state index in [9.17, 15) is 19.5 Å². The van der Waals surface area contributed by atoms with Crippen molar-refractivity contribution in [2.45, 2.75) is 105 Å². The summed E-state index contributed by atoms with van der Waals surface area (Å²) in [5.41, 5.74) is -0.203. The molecule has 198 valence electrons. The van der Waals surface area contributed by atoms with Gasteiger partial charge in [-0.25, -0.2) is 4.79 Å². The highest BCUT2D eigenvalue weighted by molar-refractivity contribution is 5.92. The number of unbranched alkanes of at least 4 members (excludes halogenated alkanes) is 1. The fourth-order valence-corrected chi connectivity index (χ4v) is 3.82. The fourth-order valence-electron chi connectivity index (χ4n) is 3.82. The van der Waals surface area contributed by atoms with Crippen LogP contribution in [0.25, 0.3) is 0 Å². The van der Waals surface area contributed by atoms with Gasteiger partial charge in [0.05, 0.1) is 0 Å². The lowest BCUT2D eigenvalue weighted by Crippen LogP contribution is -2.55. The Kier molecular flexibility index (Phi) is 12.1. The number of aromatic hydroxyl groups is 1. The van der Waals surface area contributed by atoms with Crippen LogP contribution in [-0.4, -0.2) is 52.1 Å². The number of carbonyl (C=O) groups excluding carboxylic acids is 3. The molecule has 0 saturated carbocycles. The van der Waals surface area contributed by atoms with Gasteiger partial charge >= 0.3 is 6.09 Å². The summed E-state index contributed by atoms with van der Waals surface area (Å²) in [5.74, 6) is -0.921. The number of nitrogens with zero attached hydrogens (tertiary/aromatic N) is 1. The number of hydrogen-bond acceptors (Lipinski definition) is 5. The highest BCUT2D eigenvalue weighted by Crippen LogP contribution is 2.27. The predicted molar refractivity (Wildman–Crippen MR) is 138 cm³/mol. The molecular formula is C27H45N3O5. The average Bonchev–Trinajstić information content (AvgIpc) is 2.73. The van der Waals surface area contributed by atoms with Crippen LogP contribution in [0, 0.1) is 5.92 Å². The summed E-state index contributed by atoms with van der Waals surface area (Å²) in [7, 11) is 0. The number of hydrogen-bond donors (Lipinski definition) is 3. The molecule has 0 fully saturated rings. The Morgan fingerprint density at radius 1 is 1.06 bits per heavy atom. The topological polar surface area (TPSA) is 108 Å². The molecule has 0 aromatic heterocycles. The number of benzene rings is 1. The molecular weight excluding hydrogens is 446 g/mol. The van der Waals surface area contributed by atoms with Gasteiger partial charge in [-0.1, -0.05) is 52.7 Å². The van der Waals surface area contributed by atoms with E-state index >= 15 is 0 Å². The van der Waals surface area contributed by atoms with Gasteiger partial charge in [0.2, 0.25) is 11.8 Å². The Labute approximate surface area is 210 Å². The van der Waals surface area contributed by atoms with Crippen LogP contribution in [0.3, 0.4) is 0 Å². The van der Waals surface area contributed by atoms with Crippen molar-refractivity contribution < 1.29 is 24.2 Å². The normalized spacial score (nSPS) is 14.1. The number of phenolic OH excluding ortho intramolecular Hbond substituents is 1. The Bertz CT molecular complexity index is 834. The van der Waals surface area contributed by atoms with Crippen LogP contribution in [0.15, 0.2) is 24.3 Å². The van der Waals surface area contributed by atoms with Crippen LogP contribution in [0.1, 0.15) is 92.7 Å². The Morgan fingerprint density at radius 2 is 1.71 bits per heavy atom. The first-order valence-electron chi connectivity index (χ1n) is 12.7. The first-order chi connectivity index (χ1) is 16.3. The quantitative estimate of drug-likeness (QED) is 0.385. The van der Waals surface area contributed by atoms with Gasteiger partial charge in [-0.2, -0.15) is 0 Å². The maximum absolute atomic E-state index is 13.9. The van der Waals surface area contributed by atoms with E-state index in [0.717, 1.165) is 19.3 Å². The van der Waals surface area contributed by atoms with E-state index < -0.39 is 23.8 Å². The minimum absolute atomic E-state index is 0.0112. The van der Waals surface area contributed by atoms with Crippen molar-refractivity contribution in [2.24, 2.45) is 5.92 Å². The summed E-state index contributed by atoms with van der Waals surface area (Å²) in [6.07, 6.45) is 2.52. The molecule has 0 spiro atoms. The second-order valence-electron chi connectivity index (χ2n) is 10.4. The Morgan fingerprint density at radius 3 is 2.23 bits per heavy atom.